The lowest BCUT2D eigenvalue weighted by Gasteiger charge is -2.18. The van der Waals surface area contributed by atoms with Crippen molar-refractivity contribution in [3.63, 3.8) is 0 Å². The molecule has 0 saturated carbocycles. The summed E-state index contributed by atoms with van der Waals surface area (Å²) in [6.07, 6.45) is 0.973. The standard InChI is InChI=1S/C20H24N2O3/c1-15(23)22-19(17-8-10-18(25-2)11-9-17)14-20(24)21-13-12-16-6-4-3-5-7-16/h3-11,19H,12-14H2,1-2H3,(H,21,24)(H,22,23). The summed E-state index contributed by atoms with van der Waals surface area (Å²) in [5, 5.41) is 5.74. The number of carbonyl (C=O) groups excluding carboxylic acids is 2. The van der Waals surface area contributed by atoms with E-state index < -0.39 is 0 Å². The van der Waals surface area contributed by atoms with Crippen LogP contribution in [0.3, 0.4) is 0 Å². The van der Waals surface area contributed by atoms with Gasteiger partial charge >= 0.3 is 0 Å². The number of ether oxygens (including phenoxy) is 1. The molecule has 0 bridgehead atoms. The van der Waals surface area contributed by atoms with Crippen LogP contribution in [-0.4, -0.2) is 25.5 Å². The molecule has 0 aromatic heterocycles. The summed E-state index contributed by atoms with van der Waals surface area (Å²) in [4.78, 5) is 23.7. The van der Waals surface area contributed by atoms with Gasteiger partial charge in [-0.05, 0) is 29.7 Å². The molecule has 0 aliphatic rings. The molecule has 2 amide bonds. The van der Waals surface area contributed by atoms with E-state index >= 15 is 0 Å². The van der Waals surface area contributed by atoms with Crippen LogP contribution in [0.15, 0.2) is 54.6 Å². The minimum atomic E-state index is -0.361. The van der Waals surface area contributed by atoms with Crippen LogP contribution in [0.1, 0.15) is 30.5 Å². The molecule has 2 N–H and O–H groups in total. The Morgan fingerprint density at radius 1 is 1.04 bits per heavy atom. The Bertz CT molecular complexity index is 684. The number of rotatable bonds is 8. The predicted molar refractivity (Wildman–Crippen MR) is 97.3 cm³/mol. The minimum absolute atomic E-state index is 0.0921. The van der Waals surface area contributed by atoms with Crippen molar-refractivity contribution in [3.05, 3.63) is 65.7 Å². The maximum atomic E-state index is 12.2. The number of methoxy groups -OCH3 is 1. The first-order valence-electron chi connectivity index (χ1n) is 8.30. The molecule has 0 spiro atoms. The molecule has 5 nitrogen and oxygen atoms in total. The molecule has 0 heterocycles. The lowest BCUT2D eigenvalue weighted by Crippen LogP contribution is -2.33. The normalized spacial score (nSPS) is 11.4. The number of benzene rings is 2. The summed E-state index contributed by atoms with van der Waals surface area (Å²) < 4.78 is 5.14. The molecule has 132 valence electrons. The Kier molecular flexibility index (Phi) is 7.01. The van der Waals surface area contributed by atoms with Crippen molar-refractivity contribution in [1.82, 2.24) is 10.6 Å². The summed E-state index contributed by atoms with van der Waals surface area (Å²) in [6.45, 7) is 2.02. The zero-order valence-electron chi connectivity index (χ0n) is 14.6. The first-order valence-corrected chi connectivity index (χ1v) is 8.30. The number of nitrogens with one attached hydrogen (secondary N) is 2. The van der Waals surface area contributed by atoms with E-state index in [0.717, 1.165) is 17.7 Å². The summed E-state index contributed by atoms with van der Waals surface area (Å²) >= 11 is 0. The fourth-order valence-electron chi connectivity index (χ4n) is 2.58. The molecule has 1 unspecified atom stereocenters. The van der Waals surface area contributed by atoms with Crippen LogP contribution in [0.25, 0.3) is 0 Å². The second-order valence-corrected chi connectivity index (χ2v) is 5.82. The third kappa shape index (κ3) is 6.30. The van der Waals surface area contributed by atoms with E-state index in [0.29, 0.717) is 6.54 Å². The highest BCUT2D eigenvalue weighted by atomic mass is 16.5. The van der Waals surface area contributed by atoms with Crippen LogP contribution in [0.5, 0.6) is 5.75 Å². The van der Waals surface area contributed by atoms with Gasteiger partial charge < -0.3 is 15.4 Å². The zero-order valence-corrected chi connectivity index (χ0v) is 14.6. The van der Waals surface area contributed by atoms with E-state index in [9.17, 15) is 9.59 Å². The van der Waals surface area contributed by atoms with E-state index in [-0.39, 0.29) is 24.3 Å². The van der Waals surface area contributed by atoms with Gasteiger partial charge in [0.2, 0.25) is 11.8 Å². The molecule has 0 radical (unpaired) electrons. The topological polar surface area (TPSA) is 67.4 Å². The molecule has 2 aromatic carbocycles. The fraction of sp³-hybridized carbons (Fsp3) is 0.300. The van der Waals surface area contributed by atoms with E-state index in [2.05, 4.69) is 10.6 Å². The van der Waals surface area contributed by atoms with Crippen LogP contribution < -0.4 is 15.4 Å². The second kappa shape index (κ2) is 9.47. The van der Waals surface area contributed by atoms with Gasteiger partial charge in [-0.2, -0.15) is 0 Å². The van der Waals surface area contributed by atoms with E-state index in [1.54, 1.807) is 7.11 Å². The molecular weight excluding hydrogens is 316 g/mol. The molecule has 0 fully saturated rings. The number of hydrogen-bond acceptors (Lipinski definition) is 3. The molecular formula is C20H24N2O3. The van der Waals surface area contributed by atoms with Crippen molar-refractivity contribution < 1.29 is 14.3 Å². The third-order valence-electron chi connectivity index (χ3n) is 3.86. The first kappa shape index (κ1) is 18.5. The lowest BCUT2D eigenvalue weighted by atomic mass is 10.0. The van der Waals surface area contributed by atoms with Crippen molar-refractivity contribution in [2.24, 2.45) is 0 Å². The lowest BCUT2D eigenvalue weighted by molar-refractivity contribution is -0.122. The van der Waals surface area contributed by atoms with Crippen molar-refractivity contribution in [2.75, 3.05) is 13.7 Å². The first-order chi connectivity index (χ1) is 12.1. The van der Waals surface area contributed by atoms with Crippen molar-refractivity contribution >= 4 is 11.8 Å². The molecule has 2 aromatic rings. The van der Waals surface area contributed by atoms with E-state index in [1.165, 1.54) is 12.5 Å². The van der Waals surface area contributed by atoms with Crippen molar-refractivity contribution in [3.8, 4) is 5.75 Å². The van der Waals surface area contributed by atoms with Crippen LogP contribution in [0.4, 0.5) is 0 Å². The smallest absolute Gasteiger partial charge is 0.222 e. The van der Waals surface area contributed by atoms with Crippen LogP contribution in [0, 0.1) is 0 Å². The summed E-state index contributed by atoms with van der Waals surface area (Å²) in [6, 6.07) is 17.0. The quantitative estimate of drug-likeness (QED) is 0.776. The molecule has 0 saturated heterocycles. The second-order valence-electron chi connectivity index (χ2n) is 5.82. The van der Waals surface area contributed by atoms with Gasteiger partial charge in [-0.15, -0.1) is 0 Å². The van der Waals surface area contributed by atoms with Gasteiger partial charge in [0.1, 0.15) is 5.75 Å². The van der Waals surface area contributed by atoms with Crippen molar-refractivity contribution in [2.45, 2.75) is 25.8 Å². The number of hydrogen-bond donors (Lipinski definition) is 2. The van der Waals surface area contributed by atoms with Gasteiger partial charge in [-0.25, -0.2) is 0 Å². The third-order valence-corrected chi connectivity index (χ3v) is 3.86. The summed E-state index contributed by atoms with van der Waals surface area (Å²) in [5.41, 5.74) is 2.05. The maximum Gasteiger partial charge on any atom is 0.222 e. The molecule has 0 aliphatic carbocycles. The Hall–Kier alpha value is -2.82. The van der Waals surface area contributed by atoms with Crippen LogP contribution >= 0.6 is 0 Å². The average Bonchev–Trinajstić information content (AvgIpc) is 2.62. The number of amides is 2. The Morgan fingerprint density at radius 3 is 2.32 bits per heavy atom. The molecule has 1 atom stereocenters. The monoisotopic (exact) mass is 340 g/mol. The van der Waals surface area contributed by atoms with E-state index in [4.69, 9.17) is 4.74 Å². The van der Waals surface area contributed by atoms with Gasteiger partial charge in [0, 0.05) is 13.5 Å². The van der Waals surface area contributed by atoms with Crippen LogP contribution in [-0.2, 0) is 16.0 Å². The van der Waals surface area contributed by atoms with Crippen LogP contribution in [0.2, 0.25) is 0 Å². The molecule has 2 rings (SSSR count). The largest absolute Gasteiger partial charge is 0.497 e. The molecule has 25 heavy (non-hydrogen) atoms. The number of carbonyl (C=O) groups is 2. The summed E-state index contributed by atoms with van der Waals surface area (Å²) in [5.74, 6) is 0.473. The van der Waals surface area contributed by atoms with E-state index in [1.807, 2.05) is 54.6 Å². The van der Waals surface area contributed by atoms with Gasteiger partial charge in [0.05, 0.1) is 19.6 Å². The molecule has 0 aliphatic heterocycles. The Labute approximate surface area is 148 Å². The van der Waals surface area contributed by atoms with Gasteiger partial charge in [0.15, 0.2) is 0 Å². The maximum absolute atomic E-state index is 12.2. The van der Waals surface area contributed by atoms with Crippen molar-refractivity contribution in [1.29, 1.82) is 0 Å². The highest BCUT2D eigenvalue weighted by Crippen LogP contribution is 2.20. The Morgan fingerprint density at radius 2 is 1.72 bits per heavy atom. The van der Waals surface area contributed by atoms with Gasteiger partial charge in [-0.3, -0.25) is 9.59 Å². The van der Waals surface area contributed by atoms with Gasteiger partial charge in [-0.1, -0.05) is 42.5 Å². The highest BCUT2D eigenvalue weighted by molar-refractivity contribution is 5.79. The minimum Gasteiger partial charge on any atom is -0.497 e. The fourth-order valence-corrected chi connectivity index (χ4v) is 2.58. The summed E-state index contributed by atoms with van der Waals surface area (Å²) in [7, 11) is 1.60. The van der Waals surface area contributed by atoms with Gasteiger partial charge in [0.25, 0.3) is 0 Å². The zero-order chi connectivity index (χ0) is 18.1. The predicted octanol–water partition coefficient (Wildman–Crippen LogP) is 2.62. The highest BCUT2D eigenvalue weighted by Gasteiger charge is 2.17. The molecule has 5 heteroatoms. The average molecular weight is 340 g/mol. The Balaban J connectivity index is 1.91. The SMILES string of the molecule is COc1ccc(C(CC(=O)NCCc2ccccc2)NC(C)=O)cc1.